The van der Waals surface area contributed by atoms with Gasteiger partial charge in [-0.1, -0.05) is 26.0 Å². The van der Waals surface area contributed by atoms with Crippen molar-refractivity contribution in [1.29, 1.82) is 0 Å². The van der Waals surface area contributed by atoms with Crippen molar-refractivity contribution in [3.8, 4) is 0 Å². The van der Waals surface area contributed by atoms with Crippen LogP contribution >= 0.6 is 0 Å². The summed E-state index contributed by atoms with van der Waals surface area (Å²) in [6, 6.07) is 5.33. The van der Waals surface area contributed by atoms with Gasteiger partial charge in [0.1, 0.15) is 6.04 Å². The maximum atomic E-state index is 12.7. The molecule has 25 heavy (non-hydrogen) atoms. The average molecular weight is 343 g/mol. The summed E-state index contributed by atoms with van der Waals surface area (Å²) >= 11 is 0. The molecule has 0 fully saturated rings. The Hall–Kier alpha value is -2.50. The van der Waals surface area contributed by atoms with Gasteiger partial charge in [-0.2, -0.15) is 0 Å². The van der Waals surface area contributed by atoms with E-state index in [1.807, 2.05) is 27.0 Å². The van der Waals surface area contributed by atoms with E-state index in [0.717, 1.165) is 12.0 Å². The number of aromatic nitrogens is 1. The van der Waals surface area contributed by atoms with Gasteiger partial charge in [-0.05, 0) is 29.5 Å². The Labute approximate surface area is 147 Å². The number of urea groups is 1. The lowest BCUT2D eigenvalue weighted by Gasteiger charge is -2.26. The molecule has 1 atom stereocenters. The van der Waals surface area contributed by atoms with Crippen LogP contribution in [0.2, 0.25) is 0 Å². The molecule has 0 radical (unpaired) electrons. The van der Waals surface area contributed by atoms with Gasteiger partial charge in [-0.15, -0.1) is 0 Å². The molecular formula is C19H25N3O3. The molecule has 134 valence electrons. The predicted molar refractivity (Wildman–Crippen MR) is 96.2 cm³/mol. The summed E-state index contributed by atoms with van der Waals surface area (Å²) in [7, 11) is 3.39. The molecule has 0 saturated carbocycles. The van der Waals surface area contributed by atoms with Crippen molar-refractivity contribution in [2.75, 3.05) is 13.7 Å². The molecule has 6 nitrogen and oxygen atoms in total. The number of amides is 2. The fourth-order valence-corrected chi connectivity index (χ4v) is 3.50. The Kier molecular flexibility index (Phi) is 4.70. The number of nitrogens with zero attached hydrogens (tertiary/aromatic N) is 2. The van der Waals surface area contributed by atoms with Crippen molar-refractivity contribution in [3.05, 3.63) is 35.5 Å². The first-order valence-electron chi connectivity index (χ1n) is 8.61. The number of rotatable bonds is 3. The third kappa shape index (κ3) is 3.21. The highest BCUT2D eigenvalue weighted by molar-refractivity contribution is 5.89. The predicted octanol–water partition coefficient (Wildman–Crippen LogP) is 2.44. The molecule has 6 heteroatoms. The van der Waals surface area contributed by atoms with E-state index < -0.39 is 12.0 Å². The van der Waals surface area contributed by atoms with E-state index >= 15 is 0 Å². The Morgan fingerprint density at radius 1 is 1.24 bits per heavy atom. The molecule has 1 aliphatic heterocycles. The van der Waals surface area contributed by atoms with Crippen LogP contribution in [0.4, 0.5) is 4.79 Å². The quantitative estimate of drug-likeness (QED) is 0.871. The molecule has 3 rings (SSSR count). The normalized spacial score (nSPS) is 15.2. The zero-order valence-electron chi connectivity index (χ0n) is 15.2. The first-order chi connectivity index (χ1) is 11.9. The van der Waals surface area contributed by atoms with E-state index in [1.54, 1.807) is 4.90 Å². The van der Waals surface area contributed by atoms with Crippen molar-refractivity contribution in [2.45, 2.75) is 32.9 Å². The second kappa shape index (κ2) is 6.78. The molecule has 2 aromatic rings. The van der Waals surface area contributed by atoms with Crippen LogP contribution < -0.4 is 5.32 Å². The van der Waals surface area contributed by atoms with E-state index in [0.29, 0.717) is 13.1 Å². The van der Waals surface area contributed by atoms with E-state index in [2.05, 4.69) is 28.2 Å². The van der Waals surface area contributed by atoms with Gasteiger partial charge in [0, 0.05) is 37.2 Å². The molecule has 2 heterocycles. The largest absolute Gasteiger partial charge is 0.467 e. The number of benzene rings is 1. The number of methoxy groups -OCH3 is 1. The highest BCUT2D eigenvalue weighted by Crippen LogP contribution is 2.28. The molecule has 1 N–H and O–H groups in total. The van der Waals surface area contributed by atoms with Gasteiger partial charge in [0.2, 0.25) is 0 Å². The van der Waals surface area contributed by atoms with Crippen LogP contribution in [0.1, 0.15) is 25.0 Å². The Morgan fingerprint density at radius 3 is 2.68 bits per heavy atom. The fourth-order valence-electron chi connectivity index (χ4n) is 3.50. The number of esters is 1. The summed E-state index contributed by atoms with van der Waals surface area (Å²) in [4.78, 5) is 26.4. The minimum atomic E-state index is -0.638. The number of hydrogen-bond donors (Lipinski definition) is 1. The highest BCUT2D eigenvalue weighted by Gasteiger charge is 2.28. The molecule has 2 amide bonds. The van der Waals surface area contributed by atoms with Crippen LogP contribution in [-0.4, -0.2) is 41.2 Å². The summed E-state index contributed by atoms with van der Waals surface area (Å²) in [5.74, 6) is -0.450. The molecule has 1 aromatic carbocycles. The van der Waals surface area contributed by atoms with Crippen molar-refractivity contribution < 1.29 is 14.3 Å². The lowest BCUT2D eigenvalue weighted by Crippen LogP contribution is -2.50. The monoisotopic (exact) mass is 343 g/mol. The van der Waals surface area contributed by atoms with Gasteiger partial charge in [0.15, 0.2) is 0 Å². The van der Waals surface area contributed by atoms with Crippen LogP contribution in [0.25, 0.3) is 10.9 Å². The van der Waals surface area contributed by atoms with Gasteiger partial charge < -0.3 is 19.5 Å². The lowest BCUT2D eigenvalue weighted by molar-refractivity contribution is -0.144. The third-order valence-corrected chi connectivity index (χ3v) is 4.88. The molecule has 1 unspecified atom stereocenters. The number of carbonyl (C=O) groups is 2. The molecule has 1 aromatic heterocycles. The van der Waals surface area contributed by atoms with Gasteiger partial charge in [0.05, 0.1) is 7.11 Å². The Balaban J connectivity index is 1.82. The maximum Gasteiger partial charge on any atom is 0.328 e. The molecule has 0 bridgehead atoms. The third-order valence-electron chi connectivity index (χ3n) is 4.88. The number of carbonyl (C=O) groups excluding carboxylic acids is 2. The smallest absolute Gasteiger partial charge is 0.328 e. The van der Waals surface area contributed by atoms with Crippen molar-refractivity contribution in [2.24, 2.45) is 13.0 Å². The van der Waals surface area contributed by atoms with E-state index in [9.17, 15) is 9.59 Å². The van der Waals surface area contributed by atoms with Gasteiger partial charge in [-0.25, -0.2) is 9.59 Å². The second-order valence-corrected chi connectivity index (χ2v) is 6.94. The molecule has 0 saturated heterocycles. The fraction of sp³-hybridized carbons (Fsp3) is 0.474. The van der Waals surface area contributed by atoms with E-state index in [-0.39, 0.29) is 11.9 Å². The summed E-state index contributed by atoms with van der Waals surface area (Å²) in [5, 5.41) is 4.08. The van der Waals surface area contributed by atoms with Crippen LogP contribution in [0.15, 0.2) is 24.4 Å². The van der Waals surface area contributed by atoms with Crippen LogP contribution in [-0.2, 0) is 29.5 Å². The summed E-state index contributed by atoms with van der Waals surface area (Å²) in [6.45, 7) is 4.93. The van der Waals surface area contributed by atoms with Crippen molar-refractivity contribution in [1.82, 2.24) is 14.8 Å². The minimum Gasteiger partial charge on any atom is -0.467 e. The van der Waals surface area contributed by atoms with Crippen molar-refractivity contribution >= 4 is 22.9 Å². The molecule has 0 aliphatic carbocycles. The van der Waals surface area contributed by atoms with Gasteiger partial charge in [-0.3, -0.25) is 0 Å². The van der Waals surface area contributed by atoms with Gasteiger partial charge >= 0.3 is 12.0 Å². The average Bonchev–Trinajstić information content (AvgIpc) is 2.80. The highest BCUT2D eigenvalue weighted by atomic mass is 16.5. The van der Waals surface area contributed by atoms with Crippen LogP contribution in [0, 0.1) is 5.92 Å². The molecule has 0 spiro atoms. The van der Waals surface area contributed by atoms with E-state index in [4.69, 9.17) is 4.74 Å². The van der Waals surface area contributed by atoms with Gasteiger partial charge in [0.25, 0.3) is 0 Å². The summed E-state index contributed by atoms with van der Waals surface area (Å²) < 4.78 is 6.94. The number of hydrogen-bond acceptors (Lipinski definition) is 3. The maximum absolute atomic E-state index is 12.7. The Morgan fingerprint density at radius 2 is 2.00 bits per heavy atom. The zero-order valence-corrected chi connectivity index (χ0v) is 15.2. The lowest BCUT2D eigenvalue weighted by atomic mass is 10.1. The first kappa shape index (κ1) is 17.3. The van der Waals surface area contributed by atoms with Crippen molar-refractivity contribution in [3.63, 3.8) is 0 Å². The summed E-state index contributed by atoms with van der Waals surface area (Å²) in [6.07, 6.45) is 2.94. The summed E-state index contributed by atoms with van der Waals surface area (Å²) in [5.41, 5.74) is 3.58. The second-order valence-electron chi connectivity index (χ2n) is 6.94. The Bertz CT molecular complexity index is 810. The SMILES string of the molecule is COC(=O)C(NC(=O)N1CCc2cn(C)c3cccc(c23)C1)C(C)C. The standard InChI is InChI=1S/C19H25N3O3/c1-12(2)17(18(23)25-4)20-19(24)22-9-8-14-10-21(3)15-7-5-6-13(11-22)16(14)15/h5-7,10,12,17H,8-9,11H2,1-4H3,(H,20,24). The zero-order chi connectivity index (χ0) is 18.1. The minimum absolute atomic E-state index is 0.0368. The van der Waals surface area contributed by atoms with Crippen LogP contribution in [0.3, 0.4) is 0 Å². The topological polar surface area (TPSA) is 63.6 Å². The van der Waals surface area contributed by atoms with E-state index in [1.165, 1.54) is 23.6 Å². The molecular weight excluding hydrogens is 318 g/mol. The molecule has 1 aliphatic rings. The number of nitrogens with one attached hydrogen (secondary N) is 1. The number of aryl methyl sites for hydroxylation is 1. The first-order valence-corrected chi connectivity index (χ1v) is 8.61. The van der Waals surface area contributed by atoms with Crippen LogP contribution in [0.5, 0.6) is 0 Å². The number of ether oxygens (including phenoxy) is 1.